The highest BCUT2D eigenvalue weighted by Crippen LogP contribution is 2.43. The maximum Gasteiger partial charge on any atom is 0.245 e. The van der Waals surface area contributed by atoms with Gasteiger partial charge in [0.1, 0.15) is 11.5 Å². The number of hydrogen-bond donors (Lipinski definition) is 1. The minimum Gasteiger partial charge on any atom is -0.494 e. The average Bonchev–Trinajstić information content (AvgIpc) is 3.46. The third-order valence-electron chi connectivity index (χ3n) is 7.00. The zero-order valence-electron chi connectivity index (χ0n) is 23.3. The van der Waals surface area contributed by atoms with E-state index in [4.69, 9.17) is 9.26 Å². The fraction of sp³-hybridized carbons (Fsp3) is 0.333. The van der Waals surface area contributed by atoms with E-state index in [0.717, 1.165) is 38.1 Å². The molecular weight excluding hydrogens is 521 g/mol. The smallest absolute Gasteiger partial charge is 0.245 e. The number of aryl methyl sites for hydroxylation is 2. The van der Waals surface area contributed by atoms with Crippen LogP contribution in [0.3, 0.4) is 0 Å². The molecule has 0 aliphatic carbocycles. The van der Waals surface area contributed by atoms with E-state index < -0.39 is 7.37 Å². The molecule has 2 unspecified atom stereocenters. The Morgan fingerprint density at radius 1 is 0.872 bits per heavy atom. The molecule has 0 amide bonds. The standard InChI is InChI=1S/C33H40NO3PS/c1-26-12-15-29(23-27(26)2)33(30-18-22-39-25-30)11-7-20-36-31-16-13-28(14-17-31)24-34-19-8-21-38(3,35)37-32-9-5-4-6-10-32/h4-6,9-10,12-18,22-23,25,33-34H,7-8,11,19-21,24H2,1-3H3. The van der Waals surface area contributed by atoms with Crippen LogP contribution in [-0.2, 0) is 11.1 Å². The first-order chi connectivity index (χ1) is 18.9. The van der Waals surface area contributed by atoms with Gasteiger partial charge in [0.05, 0.1) is 6.61 Å². The average molecular weight is 562 g/mol. The monoisotopic (exact) mass is 561 g/mol. The zero-order valence-corrected chi connectivity index (χ0v) is 25.0. The molecule has 1 aromatic heterocycles. The van der Waals surface area contributed by atoms with Gasteiger partial charge >= 0.3 is 0 Å². The van der Waals surface area contributed by atoms with Crippen molar-refractivity contribution in [1.82, 2.24) is 5.32 Å². The fourth-order valence-corrected chi connectivity index (χ4v) is 6.74. The summed E-state index contributed by atoms with van der Waals surface area (Å²) in [5.74, 6) is 1.98. The predicted octanol–water partition coefficient (Wildman–Crippen LogP) is 8.82. The number of ether oxygens (including phenoxy) is 1. The summed E-state index contributed by atoms with van der Waals surface area (Å²) < 4.78 is 24.5. The van der Waals surface area contributed by atoms with Gasteiger partial charge in [-0.15, -0.1) is 0 Å². The molecule has 3 aromatic carbocycles. The van der Waals surface area contributed by atoms with Crippen LogP contribution in [0.25, 0.3) is 0 Å². The van der Waals surface area contributed by atoms with Crippen molar-refractivity contribution in [2.75, 3.05) is 26.0 Å². The second-order valence-electron chi connectivity index (χ2n) is 10.3. The Morgan fingerprint density at radius 2 is 1.67 bits per heavy atom. The summed E-state index contributed by atoms with van der Waals surface area (Å²) in [6.07, 6.45) is 3.41. The third-order valence-corrected chi connectivity index (χ3v) is 9.42. The molecule has 0 bridgehead atoms. The highest BCUT2D eigenvalue weighted by atomic mass is 32.1. The Balaban J connectivity index is 1.16. The van der Waals surface area contributed by atoms with Crippen LogP contribution in [0.1, 0.15) is 53.0 Å². The largest absolute Gasteiger partial charge is 0.494 e. The Bertz CT molecular complexity index is 1320. The van der Waals surface area contributed by atoms with Crippen molar-refractivity contribution in [3.8, 4) is 11.5 Å². The quantitative estimate of drug-likeness (QED) is 0.116. The lowest BCUT2D eigenvalue weighted by Crippen LogP contribution is -2.16. The summed E-state index contributed by atoms with van der Waals surface area (Å²) in [4.78, 5) is 0. The van der Waals surface area contributed by atoms with Crippen LogP contribution in [0.4, 0.5) is 0 Å². The van der Waals surface area contributed by atoms with Crippen LogP contribution in [0.5, 0.6) is 11.5 Å². The molecule has 2 atom stereocenters. The first-order valence-electron chi connectivity index (χ1n) is 13.7. The van der Waals surface area contributed by atoms with Gasteiger partial charge in [0.15, 0.2) is 0 Å². The van der Waals surface area contributed by atoms with E-state index >= 15 is 0 Å². The first kappa shape index (κ1) is 29.1. The van der Waals surface area contributed by atoms with Gasteiger partial charge in [-0.25, -0.2) is 0 Å². The highest BCUT2D eigenvalue weighted by molar-refractivity contribution is 7.58. The Hall–Kier alpha value is -2.85. The summed E-state index contributed by atoms with van der Waals surface area (Å²) in [7, 11) is -2.65. The predicted molar refractivity (Wildman–Crippen MR) is 165 cm³/mol. The van der Waals surface area contributed by atoms with Gasteiger partial charge in [-0.2, -0.15) is 11.3 Å². The highest BCUT2D eigenvalue weighted by Gasteiger charge is 2.17. The minimum atomic E-state index is -2.65. The zero-order chi connectivity index (χ0) is 27.5. The summed E-state index contributed by atoms with van der Waals surface area (Å²) in [6, 6.07) is 26.8. The fourth-order valence-electron chi connectivity index (χ4n) is 4.64. The van der Waals surface area contributed by atoms with Gasteiger partial charge in [0.25, 0.3) is 0 Å². The van der Waals surface area contributed by atoms with Crippen molar-refractivity contribution in [3.63, 3.8) is 0 Å². The van der Waals surface area contributed by atoms with Crippen molar-refractivity contribution < 1.29 is 13.8 Å². The molecule has 0 saturated carbocycles. The maximum absolute atomic E-state index is 12.7. The van der Waals surface area contributed by atoms with Crippen molar-refractivity contribution in [1.29, 1.82) is 0 Å². The molecule has 0 radical (unpaired) electrons. The molecule has 206 valence electrons. The second-order valence-corrected chi connectivity index (χ2v) is 13.7. The van der Waals surface area contributed by atoms with Crippen LogP contribution in [0.2, 0.25) is 0 Å². The summed E-state index contributed by atoms with van der Waals surface area (Å²) in [5, 5.41) is 7.88. The molecule has 0 fully saturated rings. The molecule has 4 rings (SSSR count). The van der Waals surface area contributed by atoms with E-state index in [1.807, 2.05) is 42.5 Å². The summed E-state index contributed by atoms with van der Waals surface area (Å²) >= 11 is 1.76. The Labute approximate surface area is 237 Å². The lowest BCUT2D eigenvalue weighted by Gasteiger charge is -2.18. The van der Waals surface area contributed by atoms with Crippen LogP contribution in [-0.4, -0.2) is 26.0 Å². The van der Waals surface area contributed by atoms with Gasteiger partial charge in [0, 0.05) is 25.3 Å². The first-order valence-corrected chi connectivity index (χ1v) is 16.9. The van der Waals surface area contributed by atoms with Crippen LogP contribution in [0, 0.1) is 13.8 Å². The number of para-hydroxylation sites is 1. The van der Waals surface area contributed by atoms with Crippen LogP contribution < -0.4 is 14.6 Å². The lowest BCUT2D eigenvalue weighted by atomic mass is 9.87. The van der Waals surface area contributed by atoms with E-state index in [1.165, 1.54) is 27.8 Å². The number of thiophene rings is 1. The Morgan fingerprint density at radius 3 is 2.38 bits per heavy atom. The van der Waals surface area contributed by atoms with Crippen molar-refractivity contribution >= 4 is 18.7 Å². The van der Waals surface area contributed by atoms with Gasteiger partial charge in [-0.3, -0.25) is 4.57 Å². The van der Waals surface area contributed by atoms with Crippen LogP contribution >= 0.6 is 18.7 Å². The van der Waals surface area contributed by atoms with Crippen LogP contribution in [0.15, 0.2) is 89.6 Å². The molecule has 4 nitrogen and oxygen atoms in total. The molecule has 1 N–H and O–H groups in total. The van der Waals surface area contributed by atoms with Gasteiger partial charge in [-0.1, -0.05) is 48.5 Å². The van der Waals surface area contributed by atoms with Gasteiger partial charge in [-0.05, 0) is 109 Å². The number of benzene rings is 3. The van der Waals surface area contributed by atoms with E-state index in [9.17, 15) is 4.57 Å². The topological polar surface area (TPSA) is 47.6 Å². The molecule has 4 aromatic rings. The normalized spacial score (nSPS) is 13.5. The molecule has 0 aliphatic rings. The molecule has 0 saturated heterocycles. The van der Waals surface area contributed by atoms with Crippen molar-refractivity contribution in [2.45, 2.75) is 45.6 Å². The number of hydrogen-bond acceptors (Lipinski definition) is 5. The second kappa shape index (κ2) is 14.5. The van der Waals surface area contributed by atoms with E-state index in [2.05, 4.69) is 66.3 Å². The van der Waals surface area contributed by atoms with Crippen molar-refractivity contribution in [3.05, 3.63) is 117 Å². The summed E-state index contributed by atoms with van der Waals surface area (Å²) in [6.45, 7) is 8.33. The number of nitrogens with one attached hydrogen (secondary N) is 1. The number of rotatable bonds is 15. The van der Waals surface area contributed by atoms with Gasteiger partial charge in [0.2, 0.25) is 7.37 Å². The molecule has 1 heterocycles. The Kier molecular flexibility index (Phi) is 10.8. The van der Waals surface area contributed by atoms with E-state index in [0.29, 0.717) is 24.4 Å². The minimum absolute atomic E-state index is 0.402. The lowest BCUT2D eigenvalue weighted by molar-refractivity contribution is 0.304. The summed E-state index contributed by atoms with van der Waals surface area (Å²) in [5.41, 5.74) is 6.67. The molecular formula is C33H40NO3PS. The third kappa shape index (κ3) is 9.39. The SMILES string of the molecule is Cc1ccc(C(CCCOc2ccc(CNCCCP(C)(=O)Oc3ccccc3)cc2)c2ccsc2)cc1C. The molecule has 0 spiro atoms. The molecule has 39 heavy (non-hydrogen) atoms. The van der Waals surface area contributed by atoms with E-state index in [-0.39, 0.29) is 0 Å². The van der Waals surface area contributed by atoms with Gasteiger partial charge < -0.3 is 14.6 Å². The molecule has 0 aliphatic heterocycles. The van der Waals surface area contributed by atoms with E-state index in [1.54, 1.807) is 18.0 Å². The maximum atomic E-state index is 12.7. The van der Waals surface area contributed by atoms with Crippen molar-refractivity contribution in [2.24, 2.45) is 0 Å². The molecule has 6 heteroatoms.